The minimum atomic E-state index is -0.410. The molecule has 0 aliphatic rings. The number of phenols is 1. The number of rotatable bonds is 9. The summed E-state index contributed by atoms with van der Waals surface area (Å²) in [5.41, 5.74) is 1.80. The van der Waals surface area contributed by atoms with Crippen molar-refractivity contribution in [2.24, 2.45) is 0 Å². The third kappa shape index (κ3) is 4.84. The molecule has 1 heterocycles. The molecule has 2 aromatic rings. The molecule has 0 spiro atoms. The molecule has 27 heavy (non-hydrogen) atoms. The normalized spacial score (nSPS) is 11.0. The van der Waals surface area contributed by atoms with Gasteiger partial charge in [0.25, 0.3) is 0 Å². The van der Waals surface area contributed by atoms with E-state index < -0.39 is 5.78 Å². The highest BCUT2D eigenvalue weighted by Gasteiger charge is 2.25. The molecule has 0 bridgehead atoms. The Morgan fingerprint density at radius 1 is 1.11 bits per heavy atom. The number of nitrogens with zero attached hydrogens (tertiary/aromatic N) is 1. The summed E-state index contributed by atoms with van der Waals surface area (Å²) >= 11 is 0. The first-order chi connectivity index (χ1) is 13.0. The van der Waals surface area contributed by atoms with Crippen LogP contribution in [0.5, 0.6) is 17.2 Å². The molecule has 0 atom stereocenters. The summed E-state index contributed by atoms with van der Waals surface area (Å²) in [6, 6.07) is 3.59. The standard InChI is InChI=1S/C20H23NO6/c1-13-18(23)17(16(22)8-7-15-6-5-9-21-10-15)20(27-12-25-4)14(2)19(13)26-11-24-3/h5-10,23H,11-12H2,1-4H3/b8-7+. The van der Waals surface area contributed by atoms with E-state index in [1.807, 2.05) is 6.07 Å². The molecule has 0 saturated carbocycles. The lowest BCUT2D eigenvalue weighted by Gasteiger charge is -2.20. The number of benzene rings is 1. The van der Waals surface area contributed by atoms with Crippen molar-refractivity contribution in [3.8, 4) is 17.2 Å². The number of carbonyl (C=O) groups excluding carboxylic acids is 1. The summed E-state index contributed by atoms with van der Waals surface area (Å²) in [4.78, 5) is 16.8. The van der Waals surface area contributed by atoms with E-state index in [-0.39, 0.29) is 30.6 Å². The fraction of sp³-hybridized carbons (Fsp3) is 0.300. The monoisotopic (exact) mass is 373 g/mol. The number of hydrogen-bond acceptors (Lipinski definition) is 7. The van der Waals surface area contributed by atoms with Crippen molar-refractivity contribution in [1.29, 1.82) is 0 Å². The summed E-state index contributed by atoms with van der Waals surface area (Å²) in [6.07, 6.45) is 6.26. The van der Waals surface area contributed by atoms with Crippen LogP contribution in [0.15, 0.2) is 30.6 Å². The van der Waals surface area contributed by atoms with Gasteiger partial charge in [-0.3, -0.25) is 9.78 Å². The number of hydrogen-bond donors (Lipinski definition) is 1. The molecule has 0 fully saturated rings. The molecule has 1 N–H and O–H groups in total. The molecule has 7 heteroatoms. The Kier molecular flexibility index (Phi) is 7.34. The van der Waals surface area contributed by atoms with E-state index in [2.05, 4.69) is 4.98 Å². The van der Waals surface area contributed by atoms with Crippen LogP contribution in [0.3, 0.4) is 0 Å². The molecule has 0 saturated heterocycles. The molecule has 0 amide bonds. The Bertz CT molecular complexity index is 817. The average Bonchev–Trinajstić information content (AvgIpc) is 2.68. The highest BCUT2D eigenvalue weighted by molar-refractivity contribution is 6.11. The summed E-state index contributed by atoms with van der Waals surface area (Å²) in [7, 11) is 2.96. The Morgan fingerprint density at radius 2 is 1.78 bits per heavy atom. The minimum absolute atomic E-state index is 0.000952. The number of aromatic nitrogens is 1. The zero-order valence-electron chi connectivity index (χ0n) is 15.8. The maximum absolute atomic E-state index is 12.8. The minimum Gasteiger partial charge on any atom is -0.507 e. The lowest BCUT2D eigenvalue weighted by molar-refractivity contribution is 0.0439. The number of allylic oxidation sites excluding steroid dienone is 1. The Morgan fingerprint density at radius 3 is 2.37 bits per heavy atom. The lowest BCUT2D eigenvalue weighted by atomic mass is 9.98. The summed E-state index contributed by atoms with van der Waals surface area (Å²) in [6.45, 7) is 3.32. The topological polar surface area (TPSA) is 87.1 Å². The van der Waals surface area contributed by atoms with E-state index in [9.17, 15) is 9.90 Å². The van der Waals surface area contributed by atoms with Crippen molar-refractivity contribution in [1.82, 2.24) is 4.98 Å². The van der Waals surface area contributed by atoms with Crippen molar-refractivity contribution in [3.05, 3.63) is 52.9 Å². The number of carbonyl (C=O) groups is 1. The highest BCUT2D eigenvalue weighted by atomic mass is 16.7. The smallest absolute Gasteiger partial charge is 0.193 e. The van der Waals surface area contributed by atoms with Crippen molar-refractivity contribution >= 4 is 11.9 Å². The van der Waals surface area contributed by atoms with Crippen LogP contribution in [0, 0.1) is 13.8 Å². The number of ether oxygens (including phenoxy) is 4. The predicted molar refractivity (Wildman–Crippen MR) is 100 cm³/mol. The predicted octanol–water partition coefficient (Wildman–Crippen LogP) is 3.27. The maximum Gasteiger partial charge on any atom is 0.193 e. The molecule has 1 aromatic carbocycles. The second kappa shape index (κ2) is 9.70. The van der Waals surface area contributed by atoms with Gasteiger partial charge in [0.05, 0.1) is 0 Å². The molecule has 7 nitrogen and oxygen atoms in total. The molecular formula is C20H23NO6. The number of phenolic OH excluding ortho intramolecular Hbond substituents is 1. The van der Waals surface area contributed by atoms with Crippen LogP contribution in [-0.4, -0.2) is 43.7 Å². The molecule has 0 radical (unpaired) electrons. The van der Waals surface area contributed by atoms with E-state index in [0.29, 0.717) is 16.9 Å². The van der Waals surface area contributed by atoms with E-state index in [1.165, 1.54) is 20.3 Å². The molecule has 2 rings (SSSR count). The van der Waals surface area contributed by atoms with Gasteiger partial charge in [0.2, 0.25) is 0 Å². The molecule has 0 aliphatic heterocycles. The summed E-state index contributed by atoms with van der Waals surface area (Å²) in [5, 5.41) is 10.6. The van der Waals surface area contributed by atoms with E-state index >= 15 is 0 Å². The Labute approximate surface area is 158 Å². The number of aromatic hydroxyl groups is 1. The first kappa shape index (κ1) is 20.4. The van der Waals surface area contributed by atoms with Gasteiger partial charge in [-0.15, -0.1) is 0 Å². The number of methoxy groups -OCH3 is 2. The van der Waals surface area contributed by atoms with E-state index in [4.69, 9.17) is 18.9 Å². The molecule has 144 valence electrons. The van der Waals surface area contributed by atoms with Gasteiger partial charge in [0.1, 0.15) is 22.8 Å². The van der Waals surface area contributed by atoms with Gasteiger partial charge >= 0.3 is 0 Å². The number of pyridine rings is 1. The van der Waals surface area contributed by atoms with Crippen molar-refractivity contribution in [2.45, 2.75) is 13.8 Å². The molecule has 0 unspecified atom stereocenters. The van der Waals surface area contributed by atoms with Gasteiger partial charge in [-0.2, -0.15) is 0 Å². The SMILES string of the molecule is COCOc1c(C)c(O)c(C(=O)/C=C/c2cccnc2)c(OCOC)c1C. The van der Waals surface area contributed by atoms with Gasteiger partial charge in [0.15, 0.2) is 19.4 Å². The van der Waals surface area contributed by atoms with Crippen LogP contribution in [0.1, 0.15) is 27.0 Å². The van der Waals surface area contributed by atoms with E-state index in [1.54, 1.807) is 38.4 Å². The van der Waals surface area contributed by atoms with Gasteiger partial charge in [-0.1, -0.05) is 6.07 Å². The zero-order chi connectivity index (χ0) is 19.8. The summed E-state index contributed by atoms with van der Waals surface area (Å²) < 4.78 is 21.0. The lowest BCUT2D eigenvalue weighted by Crippen LogP contribution is -2.10. The molecular weight excluding hydrogens is 350 g/mol. The first-order valence-corrected chi connectivity index (χ1v) is 8.23. The van der Waals surface area contributed by atoms with Gasteiger partial charge in [0, 0.05) is 37.7 Å². The van der Waals surface area contributed by atoms with Crippen LogP contribution < -0.4 is 9.47 Å². The maximum atomic E-state index is 12.8. The van der Waals surface area contributed by atoms with Crippen molar-refractivity contribution < 1.29 is 28.8 Å². The van der Waals surface area contributed by atoms with Gasteiger partial charge in [-0.05, 0) is 37.6 Å². The average molecular weight is 373 g/mol. The molecule has 0 aliphatic carbocycles. The highest BCUT2D eigenvalue weighted by Crippen LogP contribution is 2.42. The second-order valence-electron chi connectivity index (χ2n) is 5.72. The third-order valence-electron chi connectivity index (χ3n) is 3.84. The van der Waals surface area contributed by atoms with Gasteiger partial charge < -0.3 is 24.1 Å². The fourth-order valence-corrected chi connectivity index (χ4v) is 2.57. The van der Waals surface area contributed by atoms with Crippen molar-refractivity contribution in [2.75, 3.05) is 27.8 Å². The fourth-order valence-electron chi connectivity index (χ4n) is 2.57. The Hall–Kier alpha value is -2.90. The van der Waals surface area contributed by atoms with Crippen LogP contribution >= 0.6 is 0 Å². The molecule has 1 aromatic heterocycles. The van der Waals surface area contributed by atoms with Crippen molar-refractivity contribution in [3.63, 3.8) is 0 Å². The number of ketones is 1. The van der Waals surface area contributed by atoms with Crippen LogP contribution in [0.2, 0.25) is 0 Å². The quantitative estimate of drug-likeness (QED) is 0.410. The Balaban J connectivity index is 2.49. The van der Waals surface area contributed by atoms with Crippen LogP contribution in [0.25, 0.3) is 6.08 Å². The van der Waals surface area contributed by atoms with E-state index in [0.717, 1.165) is 5.56 Å². The first-order valence-electron chi connectivity index (χ1n) is 8.23. The van der Waals surface area contributed by atoms with Gasteiger partial charge in [-0.25, -0.2) is 0 Å². The van der Waals surface area contributed by atoms with Crippen LogP contribution in [0.4, 0.5) is 0 Å². The third-order valence-corrected chi connectivity index (χ3v) is 3.84. The summed E-state index contributed by atoms with van der Waals surface area (Å²) in [5.74, 6) is -0.0225. The second-order valence-corrected chi connectivity index (χ2v) is 5.72. The largest absolute Gasteiger partial charge is 0.507 e. The van der Waals surface area contributed by atoms with Crippen LogP contribution in [-0.2, 0) is 9.47 Å². The zero-order valence-corrected chi connectivity index (χ0v) is 15.8.